The van der Waals surface area contributed by atoms with Gasteiger partial charge in [0, 0.05) is 22.0 Å². The summed E-state index contributed by atoms with van der Waals surface area (Å²) in [6.45, 7) is 5.58. The molecule has 3 aromatic carbocycles. The van der Waals surface area contributed by atoms with Crippen LogP contribution in [0.3, 0.4) is 0 Å². The number of nitrogens with zero attached hydrogens (tertiary/aromatic N) is 1. The highest BCUT2D eigenvalue weighted by atomic mass is 35.5. The molecule has 6 nitrogen and oxygen atoms in total. The Balaban J connectivity index is 1.58. The first kappa shape index (κ1) is 23.5. The van der Waals surface area contributed by atoms with Gasteiger partial charge in [-0.2, -0.15) is 0 Å². The van der Waals surface area contributed by atoms with E-state index < -0.39 is 11.8 Å². The highest BCUT2D eigenvalue weighted by Gasteiger charge is 2.39. The Hall–Kier alpha value is -3.61. The molecule has 0 spiro atoms. The lowest BCUT2D eigenvalue weighted by Crippen LogP contribution is -2.32. The number of aryl methyl sites for hydroxylation is 3. The maximum Gasteiger partial charge on any atom is 0.283 e. The summed E-state index contributed by atoms with van der Waals surface area (Å²) in [7, 11) is 0. The van der Waals surface area contributed by atoms with E-state index in [2.05, 4.69) is 10.6 Å². The van der Waals surface area contributed by atoms with Crippen molar-refractivity contribution in [3.05, 3.63) is 98.7 Å². The van der Waals surface area contributed by atoms with Gasteiger partial charge in [-0.1, -0.05) is 47.0 Å². The molecule has 0 aromatic heterocycles. The molecule has 3 amide bonds. The number of hydrogen-bond acceptors (Lipinski definition) is 4. The SMILES string of the molecule is Cc1ccc(N2C(=O)C(Cl)=C(Nc3cc(C(=O)Nc4ccc(Cl)cc4C)ccc3C)C2=O)cc1. The van der Waals surface area contributed by atoms with Crippen LogP contribution in [-0.4, -0.2) is 17.7 Å². The van der Waals surface area contributed by atoms with E-state index in [-0.39, 0.29) is 16.6 Å². The Bertz CT molecular complexity index is 1360. The molecule has 1 aliphatic rings. The molecular weight excluding hydrogens is 473 g/mol. The zero-order chi connectivity index (χ0) is 24.6. The van der Waals surface area contributed by atoms with E-state index in [0.717, 1.165) is 21.6 Å². The number of imide groups is 1. The predicted molar refractivity (Wildman–Crippen MR) is 135 cm³/mol. The molecular formula is C26H21Cl2N3O3. The minimum atomic E-state index is -0.609. The Morgan fingerprint density at radius 3 is 2.18 bits per heavy atom. The van der Waals surface area contributed by atoms with Gasteiger partial charge < -0.3 is 10.6 Å². The van der Waals surface area contributed by atoms with E-state index in [1.165, 1.54) is 0 Å². The quantitative estimate of drug-likeness (QED) is 0.430. The van der Waals surface area contributed by atoms with Gasteiger partial charge in [-0.25, -0.2) is 4.90 Å². The lowest BCUT2D eigenvalue weighted by atomic mass is 10.1. The lowest BCUT2D eigenvalue weighted by molar-refractivity contribution is -0.120. The maximum atomic E-state index is 13.1. The highest BCUT2D eigenvalue weighted by Crippen LogP contribution is 2.31. The Morgan fingerprint density at radius 2 is 1.50 bits per heavy atom. The second-order valence-electron chi connectivity index (χ2n) is 8.04. The van der Waals surface area contributed by atoms with Crippen LogP contribution in [0.1, 0.15) is 27.0 Å². The Labute approximate surface area is 207 Å². The number of benzene rings is 3. The van der Waals surface area contributed by atoms with E-state index in [1.54, 1.807) is 48.5 Å². The molecule has 0 bridgehead atoms. The summed E-state index contributed by atoms with van der Waals surface area (Å²) in [4.78, 5) is 39.7. The molecule has 3 aromatic rings. The average Bonchev–Trinajstić information content (AvgIpc) is 3.01. The van der Waals surface area contributed by atoms with Crippen molar-refractivity contribution in [2.45, 2.75) is 20.8 Å². The van der Waals surface area contributed by atoms with Crippen molar-refractivity contribution in [3.8, 4) is 0 Å². The summed E-state index contributed by atoms with van der Waals surface area (Å²) in [6.07, 6.45) is 0. The van der Waals surface area contributed by atoms with Gasteiger partial charge in [0.1, 0.15) is 10.7 Å². The molecule has 2 N–H and O–H groups in total. The van der Waals surface area contributed by atoms with E-state index in [4.69, 9.17) is 23.2 Å². The fraction of sp³-hybridized carbons (Fsp3) is 0.115. The second kappa shape index (κ2) is 9.33. The number of anilines is 3. The number of carbonyl (C=O) groups is 3. The zero-order valence-electron chi connectivity index (χ0n) is 18.7. The normalized spacial score (nSPS) is 13.5. The van der Waals surface area contributed by atoms with E-state index in [0.29, 0.717) is 27.6 Å². The third-order valence-electron chi connectivity index (χ3n) is 5.52. The summed E-state index contributed by atoms with van der Waals surface area (Å²) < 4.78 is 0. The van der Waals surface area contributed by atoms with Crippen molar-refractivity contribution >= 4 is 58.0 Å². The lowest BCUT2D eigenvalue weighted by Gasteiger charge is -2.16. The molecule has 0 aliphatic carbocycles. The van der Waals surface area contributed by atoms with Gasteiger partial charge in [-0.3, -0.25) is 14.4 Å². The fourth-order valence-electron chi connectivity index (χ4n) is 3.53. The number of rotatable bonds is 5. The van der Waals surface area contributed by atoms with Gasteiger partial charge in [0.2, 0.25) is 0 Å². The summed E-state index contributed by atoms with van der Waals surface area (Å²) in [6, 6.07) is 17.2. The third-order valence-corrected chi connectivity index (χ3v) is 6.10. The van der Waals surface area contributed by atoms with Gasteiger partial charge in [0.25, 0.3) is 17.7 Å². The topological polar surface area (TPSA) is 78.5 Å². The van der Waals surface area contributed by atoms with Crippen LogP contribution in [0, 0.1) is 20.8 Å². The van der Waals surface area contributed by atoms with Gasteiger partial charge in [0.05, 0.1) is 5.69 Å². The Morgan fingerprint density at radius 1 is 0.794 bits per heavy atom. The van der Waals surface area contributed by atoms with Gasteiger partial charge >= 0.3 is 0 Å². The molecule has 0 unspecified atom stereocenters. The van der Waals surface area contributed by atoms with Crippen LogP contribution in [0.4, 0.5) is 17.1 Å². The van der Waals surface area contributed by atoms with Crippen LogP contribution < -0.4 is 15.5 Å². The van der Waals surface area contributed by atoms with Crippen LogP contribution in [-0.2, 0) is 9.59 Å². The summed E-state index contributed by atoms with van der Waals surface area (Å²) in [5.41, 5.74) is 4.48. The second-order valence-corrected chi connectivity index (χ2v) is 8.85. The molecule has 8 heteroatoms. The number of halogens is 2. The first-order chi connectivity index (χ1) is 16.2. The number of amides is 3. The average molecular weight is 494 g/mol. The van der Waals surface area contributed by atoms with Crippen molar-refractivity contribution in [2.24, 2.45) is 0 Å². The molecule has 4 rings (SSSR count). The van der Waals surface area contributed by atoms with Crippen molar-refractivity contribution < 1.29 is 14.4 Å². The van der Waals surface area contributed by atoms with Crippen molar-refractivity contribution in [3.63, 3.8) is 0 Å². The van der Waals surface area contributed by atoms with Crippen LogP contribution >= 0.6 is 23.2 Å². The molecule has 172 valence electrons. The highest BCUT2D eigenvalue weighted by molar-refractivity contribution is 6.53. The first-order valence-electron chi connectivity index (χ1n) is 10.5. The number of nitrogens with one attached hydrogen (secondary N) is 2. The number of carbonyl (C=O) groups excluding carboxylic acids is 3. The minimum Gasteiger partial charge on any atom is -0.349 e. The third kappa shape index (κ3) is 4.55. The molecule has 0 atom stereocenters. The predicted octanol–water partition coefficient (Wildman–Crippen LogP) is 5.95. The summed E-state index contributed by atoms with van der Waals surface area (Å²) in [5, 5.41) is 6.20. The van der Waals surface area contributed by atoms with Gasteiger partial charge in [-0.05, 0) is 74.4 Å². The number of hydrogen-bond donors (Lipinski definition) is 2. The van der Waals surface area contributed by atoms with E-state index in [1.807, 2.05) is 32.9 Å². The molecule has 0 saturated carbocycles. The maximum absolute atomic E-state index is 13.1. The van der Waals surface area contributed by atoms with Crippen molar-refractivity contribution in [2.75, 3.05) is 15.5 Å². The van der Waals surface area contributed by atoms with Crippen molar-refractivity contribution in [1.29, 1.82) is 0 Å². The van der Waals surface area contributed by atoms with Crippen LogP contribution in [0.5, 0.6) is 0 Å². The van der Waals surface area contributed by atoms with Crippen LogP contribution in [0.15, 0.2) is 71.4 Å². The molecule has 0 radical (unpaired) electrons. The van der Waals surface area contributed by atoms with Crippen molar-refractivity contribution in [1.82, 2.24) is 0 Å². The zero-order valence-corrected chi connectivity index (χ0v) is 20.2. The molecule has 1 heterocycles. The molecule has 34 heavy (non-hydrogen) atoms. The summed E-state index contributed by atoms with van der Waals surface area (Å²) in [5.74, 6) is -1.50. The molecule has 0 fully saturated rings. The van der Waals surface area contributed by atoms with Crippen LogP contribution in [0.25, 0.3) is 0 Å². The molecule has 1 aliphatic heterocycles. The largest absolute Gasteiger partial charge is 0.349 e. The Kier molecular flexibility index (Phi) is 6.46. The van der Waals surface area contributed by atoms with E-state index >= 15 is 0 Å². The first-order valence-corrected chi connectivity index (χ1v) is 11.2. The smallest absolute Gasteiger partial charge is 0.283 e. The summed E-state index contributed by atoms with van der Waals surface area (Å²) >= 11 is 12.2. The minimum absolute atomic E-state index is 0.0403. The fourth-order valence-corrected chi connectivity index (χ4v) is 3.97. The van der Waals surface area contributed by atoms with E-state index in [9.17, 15) is 14.4 Å². The molecule has 0 saturated heterocycles. The van der Waals surface area contributed by atoms with Gasteiger partial charge in [0.15, 0.2) is 0 Å². The monoisotopic (exact) mass is 493 g/mol. The van der Waals surface area contributed by atoms with Gasteiger partial charge in [-0.15, -0.1) is 0 Å². The van der Waals surface area contributed by atoms with Crippen LogP contribution in [0.2, 0.25) is 5.02 Å². The standard InChI is InChI=1S/C26H21Cl2N3O3/c1-14-4-9-19(10-5-14)31-25(33)22(28)23(26(31)34)29-21-13-17(7-6-15(21)2)24(32)30-20-11-8-18(27)12-16(20)3/h4-13,29H,1-3H3,(H,30,32).